The van der Waals surface area contributed by atoms with Gasteiger partial charge in [0, 0.05) is 12.2 Å². The SMILES string of the molecule is Cc1ccc(Nc2nn(CN(C)Cc3ccsc3)c(=S)s2)c(C)c1. The van der Waals surface area contributed by atoms with Crippen LogP contribution in [0.15, 0.2) is 35.0 Å². The van der Waals surface area contributed by atoms with Gasteiger partial charge < -0.3 is 5.32 Å². The Morgan fingerprint density at radius 2 is 2.12 bits per heavy atom. The van der Waals surface area contributed by atoms with Crippen LogP contribution in [0.1, 0.15) is 16.7 Å². The number of thiophene rings is 1. The number of benzene rings is 1. The molecule has 126 valence electrons. The van der Waals surface area contributed by atoms with Crippen LogP contribution in [0.4, 0.5) is 10.8 Å². The number of hydrogen-bond acceptors (Lipinski definition) is 6. The fraction of sp³-hybridized carbons (Fsp3) is 0.294. The van der Waals surface area contributed by atoms with Gasteiger partial charge in [0.1, 0.15) is 0 Å². The Morgan fingerprint density at radius 1 is 1.29 bits per heavy atom. The maximum atomic E-state index is 5.46. The summed E-state index contributed by atoms with van der Waals surface area (Å²) in [5, 5.41) is 13.1. The van der Waals surface area contributed by atoms with E-state index in [4.69, 9.17) is 12.2 Å². The highest BCUT2D eigenvalue weighted by atomic mass is 32.1. The molecule has 0 aliphatic rings. The Labute approximate surface area is 155 Å². The van der Waals surface area contributed by atoms with Gasteiger partial charge in [0.15, 0.2) is 3.95 Å². The van der Waals surface area contributed by atoms with Crippen LogP contribution in [0, 0.1) is 17.8 Å². The summed E-state index contributed by atoms with van der Waals surface area (Å²) in [5.41, 5.74) is 4.85. The molecule has 0 atom stereocenters. The van der Waals surface area contributed by atoms with Gasteiger partial charge in [-0.1, -0.05) is 29.0 Å². The number of aryl methyl sites for hydroxylation is 2. The van der Waals surface area contributed by atoms with Gasteiger partial charge in [-0.25, -0.2) is 4.68 Å². The van der Waals surface area contributed by atoms with Crippen LogP contribution in [0.3, 0.4) is 0 Å². The average molecular weight is 377 g/mol. The van der Waals surface area contributed by atoms with Crippen molar-refractivity contribution in [3.63, 3.8) is 0 Å². The van der Waals surface area contributed by atoms with E-state index in [0.717, 1.165) is 21.3 Å². The summed E-state index contributed by atoms with van der Waals surface area (Å²) in [5.74, 6) is 0. The monoisotopic (exact) mass is 376 g/mol. The Kier molecular flexibility index (Phi) is 5.45. The van der Waals surface area contributed by atoms with Crippen LogP contribution in [-0.2, 0) is 13.2 Å². The van der Waals surface area contributed by atoms with E-state index in [9.17, 15) is 0 Å². The van der Waals surface area contributed by atoms with Gasteiger partial charge in [-0.2, -0.15) is 11.3 Å². The number of hydrogen-bond donors (Lipinski definition) is 1. The summed E-state index contributed by atoms with van der Waals surface area (Å²) < 4.78 is 2.65. The third-order valence-electron chi connectivity index (χ3n) is 3.64. The third-order valence-corrected chi connectivity index (χ3v) is 5.59. The molecule has 0 unspecified atom stereocenters. The minimum Gasteiger partial charge on any atom is -0.330 e. The topological polar surface area (TPSA) is 33.1 Å². The minimum atomic E-state index is 0.680. The Bertz CT molecular complexity index is 864. The first-order valence-electron chi connectivity index (χ1n) is 7.63. The summed E-state index contributed by atoms with van der Waals surface area (Å²) in [4.78, 5) is 2.21. The van der Waals surface area contributed by atoms with Gasteiger partial charge in [0.05, 0.1) is 6.67 Å². The van der Waals surface area contributed by atoms with Crippen molar-refractivity contribution in [2.24, 2.45) is 0 Å². The molecule has 0 saturated carbocycles. The smallest absolute Gasteiger partial charge is 0.209 e. The second-order valence-corrected chi connectivity index (χ2v) is 8.31. The Balaban J connectivity index is 1.69. The molecule has 0 spiro atoms. The normalized spacial score (nSPS) is 11.2. The number of rotatable bonds is 6. The maximum absolute atomic E-state index is 5.46. The highest BCUT2D eigenvalue weighted by molar-refractivity contribution is 7.73. The lowest BCUT2D eigenvalue weighted by Crippen LogP contribution is -2.22. The lowest BCUT2D eigenvalue weighted by Gasteiger charge is -2.15. The zero-order valence-electron chi connectivity index (χ0n) is 13.9. The lowest BCUT2D eigenvalue weighted by atomic mass is 10.1. The van der Waals surface area contributed by atoms with Crippen LogP contribution >= 0.6 is 34.9 Å². The van der Waals surface area contributed by atoms with Crippen molar-refractivity contribution in [2.45, 2.75) is 27.1 Å². The molecule has 3 rings (SSSR count). The van der Waals surface area contributed by atoms with E-state index in [0.29, 0.717) is 6.67 Å². The molecular weight excluding hydrogens is 356 g/mol. The molecule has 7 heteroatoms. The van der Waals surface area contributed by atoms with E-state index in [1.165, 1.54) is 28.0 Å². The first-order chi connectivity index (χ1) is 11.5. The number of anilines is 2. The summed E-state index contributed by atoms with van der Waals surface area (Å²) in [6, 6.07) is 8.49. The van der Waals surface area contributed by atoms with Gasteiger partial charge in [-0.05, 0) is 67.1 Å². The molecule has 0 aliphatic heterocycles. The molecule has 0 radical (unpaired) electrons. The minimum absolute atomic E-state index is 0.680. The highest BCUT2D eigenvalue weighted by Crippen LogP contribution is 2.24. The Hall–Kier alpha value is -1.54. The molecule has 0 fully saturated rings. The van der Waals surface area contributed by atoms with Crippen molar-refractivity contribution >= 4 is 45.7 Å². The maximum Gasteiger partial charge on any atom is 0.209 e. The van der Waals surface area contributed by atoms with Crippen LogP contribution in [0.2, 0.25) is 0 Å². The molecule has 4 nitrogen and oxygen atoms in total. The molecule has 1 aromatic carbocycles. The van der Waals surface area contributed by atoms with E-state index in [-0.39, 0.29) is 0 Å². The van der Waals surface area contributed by atoms with Crippen LogP contribution in [-0.4, -0.2) is 21.7 Å². The van der Waals surface area contributed by atoms with Gasteiger partial charge >= 0.3 is 0 Å². The second kappa shape index (κ2) is 7.57. The van der Waals surface area contributed by atoms with Crippen LogP contribution in [0.5, 0.6) is 0 Å². The molecule has 24 heavy (non-hydrogen) atoms. The molecule has 2 heterocycles. The number of aromatic nitrogens is 2. The lowest BCUT2D eigenvalue weighted by molar-refractivity contribution is 0.246. The van der Waals surface area contributed by atoms with Crippen LogP contribution in [0.25, 0.3) is 0 Å². The predicted molar refractivity (Wildman–Crippen MR) is 106 cm³/mol. The van der Waals surface area contributed by atoms with E-state index in [1.54, 1.807) is 11.3 Å². The van der Waals surface area contributed by atoms with Crippen molar-refractivity contribution < 1.29 is 0 Å². The predicted octanol–water partition coefficient (Wildman–Crippen LogP) is 5.19. The highest BCUT2D eigenvalue weighted by Gasteiger charge is 2.08. The molecule has 0 saturated heterocycles. The molecule has 2 aromatic heterocycles. The fourth-order valence-corrected chi connectivity index (χ4v) is 4.15. The first-order valence-corrected chi connectivity index (χ1v) is 9.80. The molecule has 0 bridgehead atoms. The van der Waals surface area contributed by atoms with Crippen molar-refractivity contribution in [1.82, 2.24) is 14.7 Å². The van der Waals surface area contributed by atoms with E-state index < -0.39 is 0 Å². The van der Waals surface area contributed by atoms with Gasteiger partial charge in [-0.3, -0.25) is 4.90 Å². The summed E-state index contributed by atoms with van der Waals surface area (Å²) in [6.45, 7) is 5.77. The summed E-state index contributed by atoms with van der Waals surface area (Å²) >= 11 is 8.69. The standard InChI is InChI=1S/C17H20N4S3/c1-12-4-5-15(13(2)8-12)18-16-19-21(17(22)24-16)11-20(3)9-14-6-7-23-10-14/h4-8,10H,9,11H2,1-3H3,(H,18,19). The van der Waals surface area contributed by atoms with Gasteiger partial charge in [-0.15, -0.1) is 5.10 Å². The van der Waals surface area contributed by atoms with Gasteiger partial charge in [0.2, 0.25) is 5.13 Å². The Morgan fingerprint density at radius 3 is 2.83 bits per heavy atom. The van der Waals surface area contributed by atoms with Crippen molar-refractivity contribution in [3.8, 4) is 0 Å². The molecule has 0 amide bonds. The number of nitrogens with zero attached hydrogens (tertiary/aromatic N) is 3. The van der Waals surface area contributed by atoms with Crippen molar-refractivity contribution in [1.29, 1.82) is 0 Å². The average Bonchev–Trinajstić information content (AvgIpc) is 3.13. The quantitative estimate of drug-likeness (QED) is 0.601. The van der Waals surface area contributed by atoms with Gasteiger partial charge in [0.25, 0.3) is 0 Å². The van der Waals surface area contributed by atoms with E-state index in [2.05, 4.69) is 71.2 Å². The molecule has 1 N–H and O–H groups in total. The molecule has 3 aromatic rings. The molecular formula is C17H20N4S3. The molecule has 0 aliphatic carbocycles. The third kappa shape index (κ3) is 4.30. The van der Waals surface area contributed by atoms with E-state index >= 15 is 0 Å². The van der Waals surface area contributed by atoms with Crippen molar-refractivity contribution in [2.75, 3.05) is 12.4 Å². The first kappa shape index (κ1) is 17.3. The zero-order chi connectivity index (χ0) is 17.1. The van der Waals surface area contributed by atoms with Crippen molar-refractivity contribution in [3.05, 3.63) is 55.7 Å². The van der Waals surface area contributed by atoms with Crippen LogP contribution < -0.4 is 5.32 Å². The summed E-state index contributed by atoms with van der Waals surface area (Å²) in [7, 11) is 2.08. The zero-order valence-corrected chi connectivity index (χ0v) is 16.4. The second-order valence-electron chi connectivity index (χ2n) is 5.90. The largest absolute Gasteiger partial charge is 0.330 e. The fourth-order valence-electron chi connectivity index (χ4n) is 2.49. The summed E-state index contributed by atoms with van der Waals surface area (Å²) in [6.07, 6.45) is 0. The number of nitrogens with one attached hydrogen (secondary N) is 1. The van der Waals surface area contributed by atoms with E-state index in [1.807, 2.05) is 4.68 Å².